The molecule has 0 aliphatic carbocycles. The lowest BCUT2D eigenvalue weighted by atomic mass is 9.91. The molecule has 2 aromatic carbocycles. The van der Waals surface area contributed by atoms with E-state index >= 15 is 0 Å². The molecule has 0 radical (unpaired) electrons. The van der Waals surface area contributed by atoms with E-state index in [2.05, 4.69) is 5.32 Å². The zero-order valence-corrected chi connectivity index (χ0v) is 20.0. The molecule has 0 unspecified atom stereocenters. The first kappa shape index (κ1) is 26.2. The zero-order chi connectivity index (χ0) is 25.2. The molecule has 35 heavy (non-hydrogen) atoms. The third kappa shape index (κ3) is 7.30. The first-order valence-corrected chi connectivity index (χ1v) is 11.9. The summed E-state index contributed by atoms with van der Waals surface area (Å²) >= 11 is 1.57. The molecule has 0 aliphatic heterocycles. The highest BCUT2D eigenvalue weighted by atomic mass is 32.1. The highest BCUT2D eigenvalue weighted by Gasteiger charge is 2.26. The molecule has 3 rings (SSSR count). The first-order chi connectivity index (χ1) is 16.9. The van der Waals surface area contributed by atoms with Gasteiger partial charge in [-0.3, -0.25) is 24.9 Å². The van der Waals surface area contributed by atoms with E-state index in [0.29, 0.717) is 13.0 Å². The van der Waals surface area contributed by atoms with Crippen molar-refractivity contribution in [1.29, 1.82) is 0 Å². The van der Waals surface area contributed by atoms with Crippen molar-refractivity contribution in [2.45, 2.75) is 25.8 Å². The number of nitrogens with one attached hydrogen (secondary N) is 2. The molecule has 0 bridgehead atoms. The molecular formula is C24H27N3O7S. The van der Waals surface area contributed by atoms with E-state index in [1.165, 1.54) is 24.3 Å². The summed E-state index contributed by atoms with van der Waals surface area (Å²) in [4.78, 5) is 35.7. The summed E-state index contributed by atoms with van der Waals surface area (Å²) in [6.07, 6.45) is 0.535. The van der Waals surface area contributed by atoms with Gasteiger partial charge in [-0.25, -0.2) is 5.48 Å². The molecule has 0 aliphatic rings. The van der Waals surface area contributed by atoms with Crippen molar-refractivity contribution in [3.05, 3.63) is 75.2 Å². The Balaban J connectivity index is 1.76. The molecule has 1 aromatic heterocycles. The second-order valence-electron chi connectivity index (χ2n) is 7.83. The number of ether oxygens (including phenoxy) is 2. The maximum atomic E-state index is 12.8. The average molecular weight is 502 g/mol. The lowest BCUT2D eigenvalue weighted by Crippen LogP contribution is -2.42. The van der Waals surface area contributed by atoms with E-state index < -0.39 is 28.7 Å². The van der Waals surface area contributed by atoms with Gasteiger partial charge in [0.05, 0.1) is 17.6 Å². The number of carbonyl (C=O) groups excluding carboxylic acids is 2. The SMILES string of the molecule is CCOCOC[C@H](C[C@H](Cc1csc2ccccc12)C(=O)NO)NC(=O)c1ccc([N+](=O)[O-])cc1. The third-order valence-corrected chi connectivity index (χ3v) is 6.46. The van der Waals surface area contributed by atoms with E-state index in [0.717, 1.165) is 15.6 Å². The van der Waals surface area contributed by atoms with Crippen LogP contribution in [0.15, 0.2) is 53.9 Å². The van der Waals surface area contributed by atoms with Gasteiger partial charge in [0.15, 0.2) is 0 Å². The summed E-state index contributed by atoms with van der Waals surface area (Å²) in [5, 5.41) is 26.1. The lowest BCUT2D eigenvalue weighted by molar-refractivity contribution is -0.384. The van der Waals surface area contributed by atoms with Crippen LogP contribution in [0.25, 0.3) is 10.1 Å². The van der Waals surface area contributed by atoms with Crippen molar-refractivity contribution >= 4 is 38.9 Å². The van der Waals surface area contributed by atoms with Crippen molar-refractivity contribution in [3.63, 3.8) is 0 Å². The summed E-state index contributed by atoms with van der Waals surface area (Å²) in [6, 6.07) is 12.5. The second-order valence-corrected chi connectivity index (χ2v) is 8.74. The lowest BCUT2D eigenvalue weighted by Gasteiger charge is -2.23. The number of hydrogen-bond acceptors (Lipinski definition) is 8. The van der Waals surface area contributed by atoms with Gasteiger partial charge in [0.2, 0.25) is 5.91 Å². The van der Waals surface area contributed by atoms with Crippen LogP contribution in [0, 0.1) is 16.0 Å². The molecule has 0 spiro atoms. The van der Waals surface area contributed by atoms with Crippen LogP contribution in [0.1, 0.15) is 29.3 Å². The van der Waals surface area contributed by atoms with Crippen LogP contribution in [-0.2, 0) is 20.7 Å². The number of thiophene rings is 1. The number of amides is 2. The van der Waals surface area contributed by atoms with Gasteiger partial charge in [-0.1, -0.05) is 18.2 Å². The molecule has 3 aromatic rings. The summed E-state index contributed by atoms with van der Waals surface area (Å²) in [5.41, 5.74) is 2.81. The number of nitro benzene ring substituents is 1. The predicted molar refractivity (Wildman–Crippen MR) is 130 cm³/mol. The number of carbonyl (C=O) groups is 2. The smallest absolute Gasteiger partial charge is 0.269 e. The summed E-state index contributed by atoms with van der Waals surface area (Å²) in [6.45, 7) is 2.37. The number of nitrogens with zero attached hydrogens (tertiary/aromatic N) is 1. The third-order valence-electron chi connectivity index (χ3n) is 5.44. The van der Waals surface area contributed by atoms with Gasteiger partial charge in [-0.2, -0.15) is 0 Å². The van der Waals surface area contributed by atoms with Crippen LogP contribution in [0.2, 0.25) is 0 Å². The van der Waals surface area contributed by atoms with Gasteiger partial charge in [-0.05, 0) is 54.3 Å². The fourth-order valence-corrected chi connectivity index (χ4v) is 4.65. The van der Waals surface area contributed by atoms with Crippen LogP contribution in [0.3, 0.4) is 0 Å². The van der Waals surface area contributed by atoms with Crippen molar-refractivity contribution < 1.29 is 29.2 Å². The topological polar surface area (TPSA) is 140 Å². The molecule has 0 saturated carbocycles. The Morgan fingerprint density at radius 2 is 1.89 bits per heavy atom. The summed E-state index contributed by atoms with van der Waals surface area (Å²) in [7, 11) is 0. The quantitative estimate of drug-likeness (QED) is 0.107. The highest BCUT2D eigenvalue weighted by Crippen LogP contribution is 2.29. The molecule has 1 heterocycles. The molecule has 11 heteroatoms. The molecule has 2 atom stereocenters. The van der Waals surface area contributed by atoms with E-state index in [1.54, 1.807) is 16.8 Å². The number of rotatable bonds is 13. The molecule has 0 fully saturated rings. The van der Waals surface area contributed by atoms with Gasteiger partial charge in [0, 0.05) is 34.9 Å². The zero-order valence-electron chi connectivity index (χ0n) is 19.1. The second kappa shape index (κ2) is 12.9. The van der Waals surface area contributed by atoms with E-state index in [4.69, 9.17) is 9.47 Å². The predicted octanol–water partition coefficient (Wildman–Crippen LogP) is 3.67. The maximum Gasteiger partial charge on any atom is 0.269 e. The van der Waals surface area contributed by atoms with Gasteiger partial charge in [0.25, 0.3) is 11.6 Å². The number of fused-ring (bicyclic) bond motifs is 1. The Bertz CT molecular complexity index is 1150. The van der Waals surface area contributed by atoms with Crippen LogP contribution >= 0.6 is 11.3 Å². The summed E-state index contributed by atoms with van der Waals surface area (Å²) < 4.78 is 11.8. The molecule has 186 valence electrons. The van der Waals surface area contributed by atoms with E-state index in [9.17, 15) is 24.9 Å². The van der Waals surface area contributed by atoms with Crippen LogP contribution in [0.4, 0.5) is 5.69 Å². The Hall–Kier alpha value is -3.38. The normalized spacial score (nSPS) is 12.7. The molecule has 2 amide bonds. The van der Waals surface area contributed by atoms with Crippen molar-refractivity contribution in [2.24, 2.45) is 5.92 Å². The Kier molecular flexibility index (Phi) is 9.67. The minimum atomic E-state index is -0.657. The van der Waals surface area contributed by atoms with Gasteiger partial charge in [-0.15, -0.1) is 11.3 Å². The van der Waals surface area contributed by atoms with Gasteiger partial charge < -0.3 is 14.8 Å². The fraction of sp³-hybridized carbons (Fsp3) is 0.333. The van der Waals surface area contributed by atoms with E-state index in [-0.39, 0.29) is 31.1 Å². The Labute approximate surface area is 206 Å². The molecule has 10 nitrogen and oxygen atoms in total. The molecular weight excluding hydrogens is 474 g/mol. The number of nitro groups is 1. The van der Waals surface area contributed by atoms with Crippen LogP contribution in [-0.4, -0.2) is 48.0 Å². The highest BCUT2D eigenvalue weighted by molar-refractivity contribution is 7.17. The first-order valence-electron chi connectivity index (χ1n) is 11.0. The van der Waals surface area contributed by atoms with Gasteiger partial charge in [0.1, 0.15) is 6.79 Å². The van der Waals surface area contributed by atoms with Crippen LogP contribution < -0.4 is 10.8 Å². The summed E-state index contributed by atoms with van der Waals surface area (Å²) in [5.74, 6) is -1.69. The standard InChI is InChI=1S/C24H27N3O7S/c1-2-33-15-34-13-19(25-23(28)16-7-9-20(10-8-16)27(31)32)12-17(24(29)26-30)11-18-14-35-22-6-4-3-5-21(18)22/h3-10,14,17,19,30H,2,11-13,15H2,1H3,(H,25,28)(H,26,29)/t17-,19-/m0/s1. The molecule has 3 N–H and O–H groups in total. The number of non-ortho nitro benzene ring substituents is 1. The Morgan fingerprint density at radius 3 is 2.57 bits per heavy atom. The van der Waals surface area contributed by atoms with Crippen molar-refractivity contribution in [3.8, 4) is 0 Å². The van der Waals surface area contributed by atoms with Gasteiger partial charge >= 0.3 is 0 Å². The average Bonchev–Trinajstić information content (AvgIpc) is 3.28. The van der Waals surface area contributed by atoms with E-state index in [1.807, 2.05) is 36.6 Å². The number of hydrogen-bond donors (Lipinski definition) is 3. The van der Waals surface area contributed by atoms with Crippen LogP contribution in [0.5, 0.6) is 0 Å². The number of benzene rings is 2. The minimum absolute atomic E-state index is 0.0203. The Morgan fingerprint density at radius 1 is 1.14 bits per heavy atom. The minimum Gasteiger partial charge on any atom is -0.356 e. The van der Waals surface area contributed by atoms with Crippen molar-refractivity contribution in [1.82, 2.24) is 10.8 Å². The monoisotopic (exact) mass is 501 g/mol. The fourth-order valence-electron chi connectivity index (χ4n) is 3.68. The maximum absolute atomic E-state index is 12.8. The molecule has 0 saturated heterocycles. The van der Waals surface area contributed by atoms with Crippen molar-refractivity contribution in [2.75, 3.05) is 20.0 Å². The number of hydroxylamine groups is 1. The largest absolute Gasteiger partial charge is 0.356 e.